The largest absolute Gasteiger partial charge is 0.493 e. The van der Waals surface area contributed by atoms with E-state index in [4.69, 9.17) is 18.9 Å². The smallest absolute Gasteiger partial charge is 0.236 e. The van der Waals surface area contributed by atoms with E-state index in [9.17, 15) is 4.79 Å². The molecule has 0 bridgehead atoms. The lowest BCUT2D eigenvalue weighted by Gasteiger charge is -2.14. The van der Waals surface area contributed by atoms with E-state index < -0.39 is 0 Å². The summed E-state index contributed by atoms with van der Waals surface area (Å²) in [5, 5.41) is 11.1. The summed E-state index contributed by atoms with van der Waals surface area (Å²) < 4.78 is 22.0. The Bertz CT molecular complexity index is 674. The normalized spacial score (nSPS) is 19.7. The minimum Gasteiger partial charge on any atom is -0.493 e. The Kier molecular flexibility index (Phi) is 6.26. The Labute approximate surface area is 149 Å². The van der Waals surface area contributed by atoms with Crippen LogP contribution in [0.3, 0.4) is 0 Å². The number of carbonyl (C=O) groups is 1. The van der Waals surface area contributed by atoms with E-state index in [0.29, 0.717) is 48.7 Å². The summed E-state index contributed by atoms with van der Waals surface area (Å²) in [7, 11) is 1.58. The molecule has 0 saturated carbocycles. The number of ether oxygens (including phenoxy) is 4. The number of carbonyl (C=O) groups excluding carboxylic acids is 1. The van der Waals surface area contributed by atoms with Gasteiger partial charge in [0.25, 0.3) is 0 Å². The standard InChI is InChI=1S/C16H19N3O5S/c1-21-12-4-2-3-11(9-17-19-16-18-13(20)10-25-16)15(12)24-6-5-14-22-7-8-23-14/h2-4,9,14H,5-8,10H2,1H3,(H,18,19,20). The number of amides is 1. The molecule has 1 aromatic rings. The maximum atomic E-state index is 11.1. The maximum absolute atomic E-state index is 11.1. The van der Waals surface area contributed by atoms with Crippen LogP contribution in [0.25, 0.3) is 0 Å². The lowest BCUT2D eigenvalue weighted by molar-refractivity contribution is -0.116. The van der Waals surface area contributed by atoms with Gasteiger partial charge in [-0.1, -0.05) is 17.8 Å². The first-order valence-corrected chi connectivity index (χ1v) is 8.81. The zero-order chi connectivity index (χ0) is 17.5. The fraction of sp³-hybridized carbons (Fsp3) is 0.438. The van der Waals surface area contributed by atoms with Crippen molar-refractivity contribution in [3.63, 3.8) is 0 Å². The molecule has 2 fully saturated rings. The molecule has 134 valence electrons. The second-order valence-electron chi connectivity index (χ2n) is 5.17. The predicted octanol–water partition coefficient (Wildman–Crippen LogP) is 1.39. The van der Waals surface area contributed by atoms with Crippen LogP contribution in [0.15, 0.2) is 28.4 Å². The number of hydrogen-bond acceptors (Lipinski definition) is 8. The molecular weight excluding hydrogens is 346 g/mol. The lowest BCUT2D eigenvalue weighted by Crippen LogP contribution is -2.19. The summed E-state index contributed by atoms with van der Waals surface area (Å²) in [6.45, 7) is 1.66. The Morgan fingerprint density at radius 3 is 2.96 bits per heavy atom. The summed E-state index contributed by atoms with van der Waals surface area (Å²) in [6, 6.07) is 5.51. The zero-order valence-corrected chi connectivity index (χ0v) is 14.6. The molecule has 0 aromatic heterocycles. The molecule has 2 heterocycles. The van der Waals surface area contributed by atoms with Crippen molar-refractivity contribution < 1.29 is 23.7 Å². The molecular formula is C16H19N3O5S. The van der Waals surface area contributed by atoms with Gasteiger partial charge in [0.05, 0.1) is 38.9 Å². The van der Waals surface area contributed by atoms with E-state index in [1.54, 1.807) is 13.3 Å². The minimum absolute atomic E-state index is 0.0688. The number of methoxy groups -OCH3 is 1. The third kappa shape index (κ3) is 4.94. The van der Waals surface area contributed by atoms with Crippen LogP contribution in [0, 0.1) is 0 Å². The van der Waals surface area contributed by atoms with Crippen LogP contribution in [-0.2, 0) is 14.3 Å². The highest BCUT2D eigenvalue weighted by molar-refractivity contribution is 8.15. The van der Waals surface area contributed by atoms with Crippen LogP contribution in [-0.4, -0.2) is 56.3 Å². The van der Waals surface area contributed by atoms with Crippen LogP contribution in [0.5, 0.6) is 11.5 Å². The maximum Gasteiger partial charge on any atom is 0.236 e. The van der Waals surface area contributed by atoms with Gasteiger partial charge >= 0.3 is 0 Å². The molecule has 2 aliphatic heterocycles. The number of rotatable bonds is 7. The van der Waals surface area contributed by atoms with E-state index in [1.165, 1.54) is 11.8 Å². The summed E-state index contributed by atoms with van der Waals surface area (Å²) in [5.41, 5.74) is 0.728. The van der Waals surface area contributed by atoms with E-state index in [0.717, 1.165) is 5.56 Å². The van der Waals surface area contributed by atoms with Crippen LogP contribution in [0.1, 0.15) is 12.0 Å². The van der Waals surface area contributed by atoms with Crippen molar-refractivity contribution in [2.45, 2.75) is 12.7 Å². The van der Waals surface area contributed by atoms with Crippen molar-refractivity contribution in [2.24, 2.45) is 10.2 Å². The molecule has 1 amide bonds. The molecule has 0 unspecified atom stereocenters. The Morgan fingerprint density at radius 2 is 2.24 bits per heavy atom. The Balaban J connectivity index is 1.66. The first-order chi connectivity index (χ1) is 12.3. The van der Waals surface area contributed by atoms with E-state index >= 15 is 0 Å². The van der Waals surface area contributed by atoms with Gasteiger partial charge in [0.1, 0.15) is 0 Å². The molecule has 8 nitrogen and oxygen atoms in total. The Hall–Kier alpha value is -2.10. The van der Waals surface area contributed by atoms with Gasteiger partial charge in [0.2, 0.25) is 5.91 Å². The van der Waals surface area contributed by atoms with Gasteiger partial charge in [-0.15, -0.1) is 5.10 Å². The second kappa shape index (κ2) is 8.84. The molecule has 1 N–H and O–H groups in total. The van der Waals surface area contributed by atoms with Crippen LogP contribution in [0.4, 0.5) is 0 Å². The van der Waals surface area contributed by atoms with Crippen molar-refractivity contribution in [2.75, 3.05) is 32.7 Å². The molecule has 9 heteroatoms. The molecule has 2 saturated heterocycles. The van der Waals surface area contributed by atoms with Crippen molar-refractivity contribution in [1.82, 2.24) is 5.32 Å². The van der Waals surface area contributed by atoms with Gasteiger partial charge in [0, 0.05) is 12.0 Å². The van der Waals surface area contributed by atoms with Gasteiger partial charge in [-0.2, -0.15) is 5.10 Å². The SMILES string of the molecule is COc1cccc(C=NN=C2NC(=O)CS2)c1OCCC1OCCO1. The minimum atomic E-state index is -0.221. The fourth-order valence-electron chi connectivity index (χ4n) is 2.30. The third-order valence-electron chi connectivity index (χ3n) is 3.45. The first-order valence-electron chi connectivity index (χ1n) is 7.83. The molecule has 0 atom stereocenters. The van der Waals surface area contributed by atoms with Gasteiger partial charge in [-0.05, 0) is 12.1 Å². The van der Waals surface area contributed by atoms with Crippen molar-refractivity contribution in [3.8, 4) is 11.5 Å². The molecule has 25 heavy (non-hydrogen) atoms. The van der Waals surface area contributed by atoms with Gasteiger partial charge < -0.3 is 24.3 Å². The van der Waals surface area contributed by atoms with Crippen molar-refractivity contribution in [3.05, 3.63) is 23.8 Å². The summed E-state index contributed by atoms with van der Waals surface area (Å²) >= 11 is 1.32. The molecule has 3 rings (SSSR count). The number of para-hydroxylation sites is 1. The average Bonchev–Trinajstić information content (AvgIpc) is 3.27. The molecule has 2 aliphatic rings. The highest BCUT2D eigenvalue weighted by Gasteiger charge is 2.17. The number of nitrogens with one attached hydrogen (secondary N) is 1. The Morgan fingerprint density at radius 1 is 1.40 bits per heavy atom. The summed E-state index contributed by atoms with van der Waals surface area (Å²) in [5.74, 6) is 1.48. The highest BCUT2D eigenvalue weighted by atomic mass is 32.2. The molecule has 1 aromatic carbocycles. The topological polar surface area (TPSA) is 90.7 Å². The monoisotopic (exact) mass is 365 g/mol. The fourth-order valence-corrected chi connectivity index (χ4v) is 2.93. The first kappa shape index (κ1) is 17.7. The third-order valence-corrected chi connectivity index (χ3v) is 4.32. The van der Waals surface area contributed by atoms with Gasteiger partial charge in [0.15, 0.2) is 23.0 Å². The van der Waals surface area contributed by atoms with Crippen LogP contribution >= 0.6 is 11.8 Å². The highest BCUT2D eigenvalue weighted by Crippen LogP contribution is 2.30. The summed E-state index contributed by atoms with van der Waals surface area (Å²) in [4.78, 5) is 11.1. The van der Waals surface area contributed by atoms with E-state index in [1.807, 2.05) is 18.2 Å². The number of amidine groups is 1. The number of thioether (sulfide) groups is 1. The summed E-state index contributed by atoms with van der Waals surface area (Å²) in [6.07, 6.45) is 1.97. The number of hydrogen-bond donors (Lipinski definition) is 1. The quantitative estimate of drug-likeness (QED) is 0.580. The van der Waals surface area contributed by atoms with Gasteiger partial charge in [-0.3, -0.25) is 4.79 Å². The zero-order valence-electron chi connectivity index (χ0n) is 13.8. The predicted molar refractivity (Wildman–Crippen MR) is 94.4 cm³/mol. The van der Waals surface area contributed by atoms with E-state index in [-0.39, 0.29) is 12.2 Å². The average molecular weight is 365 g/mol. The molecule has 0 radical (unpaired) electrons. The van der Waals surface area contributed by atoms with E-state index in [2.05, 4.69) is 15.5 Å². The molecule has 0 spiro atoms. The lowest BCUT2D eigenvalue weighted by atomic mass is 10.2. The van der Waals surface area contributed by atoms with Crippen LogP contribution in [0.2, 0.25) is 0 Å². The van der Waals surface area contributed by atoms with Crippen molar-refractivity contribution in [1.29, 1.82) is 0 Å². The van der Waals surface area contributed by atoms with Gasteiger partial charge in [-0.25, -0.2) is 0 Å². The molecule has 0 aliphatic carbocycles. The second-order valence-corrected chi connectivity index (χ2v) is 6.14. The number of benzene rings is 1. The number of nitrogens with zero attached hydrogens (tertiary/aromatic N) is 2. The van der Waals surface area contributed by atoms with Crippen molar-refractivity contribution >= 4 is 29.1 Å². The van der Waals surface area contributed by atoms with Crippen LogP contribution < -0.4 is 14.8 Å².